The molecule has 6 heteroatoms. The van der Waals surface area contributed by atoms with Crippen LogP contribution in [0.5, 0.6) is 0 Å². The summed E-state index contributed by atoms with van der Waals surface area (Å²) in [5.74, 6) is 0.618. The van der Waals surface area contributed by atoms with Crippen molar-refractivity contribution >= 4 is 17.5 Å². The molecule has 0 radical (unpaired) electrons. The van der Waals surface area contributed by atoms with Crippen molar-refractivity contribution in [3.05, 3.63) is 24.3 Å². The van der Waals surface area contributed by atoms with E-state index in [1.54, 1.807) is 6.08 Å². The molecule has 21 heavy (non-hydrogen) atoms. The molecule has 2 rings (SSSR count). The van der Waals surface area contributed by atoms with E-state index in [4.69, 9.17) is 16.3 Å². The van der Waals surface area contributed by atoms with Crippen molar-refractivity contribution in [2.75, 3.05) is 11.5 Å². The van der Waals surface area contributed by atoms with Gasteiger partial charge in [-0.15, -0.1) is 6.58 Å². The van der Waals surface area contributed by atoms with Crippen molar-refractivity contribution in [2.45, 2.75) is 57.7 Å². The lowest BCUT2D eigenvalue weighted by Crippen LogP contribution is -2.63. The third kappa shape index (κ3) is 3.52. The number of nitrogens with zero attached hydrogens (tertiary/aromatic N) is 4. The standard InChI is InChI=1S/C15H23ClN4O/c1-6-7-21-11-8-14(2,3)20(15(4,5)9-11)13-18-10-17-12(16)19-13/h6,10-11H,1,7-9H2,2-5H3. The van der Waals surface area contributed by atoms with Gasteiger partial charge in [0.25, 0.3) is 0 Å². The van der Waals surface area contributed by atoms with E-state index in [-0.39, 0.29) is 22.5 Å². The molecule has 0 amide bonds. The summed E-state index contributed by atoms with van der Waals surface area (Å²) in [6, 6.07) is 0. The Balaban J connectivity index is 2.31. The van der Waals surface area contributed by atoms with Gasteiger partial charge in [-0.1, -0.05) is 6.08 Å². The molecule has 0 spiro atoms. The fraction of sp³-hybridized carbons (Fsp3) is 0.667. The molecule has 0 aliphatic carbocycles. The number of halogens is 1. The van der Waals surface area contributed by atoms with Crippen LogP contribution in [0.25, 0.3) is 0 Å². The molecule has 1 saturated heterocycles. The average Bonchev–Trinajstić information content (AvgIpc) is 2.33. The molecule has 116 valence electrons. The van der Waals surface area contributed by atoms with Crippen LogP contribution in [0, 0.1) is 0 Å². The van der Waals surface area contributed by atoms with Crippen LogP contribution in [0.4, 0.5) is 5.95 Å². The Labute approximate surface area is 131 Å². The minimum absolute atomic E-state index is 0.141. The predicted octanol–water partition coefficient (Wildman–Crippen LogP) is 3.25. The molecule has 2 heterocycles. The Morgan fingerprint density at radius 1 is 1.33 bits per heavy atom. The molecule has 0 aromatic carbocycles. The highest BCUT2D eigenvalue weighted by molar-refractivity contribution is 6.28. The molecule has 0 N–H and O–H groups in total. The summed E-state index contributed by atoms with van der Waals surface area (Å²) < 4.78 is 5.89. The van der Waals surface area contributed by atoms with Gasteiger partial charge < -0.3 is 9.64 Å². The van der Waals surface area contributed by atoms with Gasteiger partial charge in [-0.2, -0.15) is 4.98 Å². The van der Waals surface area contributed by atoms with E-state index >= 15 is 0 Å². The zero-order valence-electron chi connectivity index (χ0n) is 13.1. The van der Waals surface area contributed by atoms with Gasteiger partial charge >= 0.3 is 0 Å². The molecule has 0 atom stereocenters. The van der Waals surface area contributed by atoms with Crippen LogP contribution >= 0.6 is 11.6 Å². The van der Waals surface area contributed by atoms with E-state index in [0.29, 0.717) is 12.6 Å². The first-order chi connectivity index (χ1) is 9.76. The maximum atomic E-state index is 5.92. The first kappa shape index (κ1) is 16.2. The monoisotopic (exact) mass is 310 g/mol. The summed E-state index contributed by atoms with van der Waals surface area (Å²) in [7, 11) is 0. The summed E-state index contributed by atoms with van der Waals surface area (Å²) in [4.78, 5) is 14.7. The Kier molecular flexibility index (Phi) is 4.54. The SMILES string of the molecule is C=CCOC1CC(C)(C)N(c2ncnc(Cl)n2)C(C)(C)C1. The van der Waals surface area contributed by atoms with Crippen LogP contribution in [0.1, 0.15) is 40.5 Å². The number of hydrogen-bond acceptors (Lipinski definition) is 5. The van der Waals surface area contributed by atoms with Crippen molar-refractivity contribution in [3.63, 3.8) is 0 Å². The smallest absolute Gasteiger partial charge is 0.230 e. The highest BCUT2D eigenvalue weighted by Crippen LogP contribution is 2.41. The molecular formula is C15H23ClN4O. The minimum atomic E-state index is -0.141. The molecule has 1 aromatic heterocycles. The first-order valence-corrected chi connectivity index (χ1v) is 7.51. The third-order valence-electron chi connectivity index (χ3n) is 3.84. The molecule has 0 bridgehead atoms. The van der Waals surface area contributed by atoms with Crippen LogP contribution in [-0.2, 0) is 4.74 Å². The van der Waals surface area contributed by atoms with Gasteiger partial charge in [0.05, 0.1) is 12.7 Å². The molecule has 5 nitrogen and oxygen atoms in total. The van der Waals surface area contributed by atoms with E-state index in [0.717, 1.165) is 12.8 Å². The van der Waals surface area contributed by atoms with E-state index < -0.39 is 0 Å². The molecule has 0 saturated carbocycles. The number of ether oxygens (including phenoxy) is 1. The maximum absolute atomic E-state index is 5.92. The molecule has 1 aliphatic rings. The van der Waals surface area contributed by atoms with E-state index in [9.17, 15) is 0 Å². The quantitative estimate of drug-likeness (QED) is 0.799. The van der Waals surface area contributed by atoms with E-state index in [1.807, 2.05) is 0 Å². The topological polar surface area (TPSA) is 51.1 Å². The van der Waals surface area contributed by atoms with Crippen molar-refractivity contribution < 1.29 is 4.74 Å². The van der Waals surface area contributed by atoms with E-state index in [2.05, 4.69) is 54.1 Å². The summed E-state index contributed by atoms with van der Waals surface area (Å²) in [5.41, 5.74) is -0.281. The Bertz CT molecular complexity index is 500. The number of anilines is 1. The highest BCUT2D eigenvalue weighted by atomic mass is 35.5. The van der Waals surface area contributed by atoms with Crippen LogP contribution in [0.2, 0.25) is 5.28 Å². The van der Waals surface area contributed by atoms with Gasteiger partial charge in [0, 0.05) is 11.1 Å². The van der Waals surface area contributed by atoms with E-state index in [1.165, 1.54) is 6.33 Å². The minimum Gasteiger partial charge on any atom is -0.374 e. The second-order valence-corrected chi connectivity index (χ2v) is 7.01. The van der Waals surface area contributed by atoms with Gasteiger partial charge in [-0.05, 0) is 52.1 Å². The van der Waals surface area contributed by atoms with Crippen molar-refractivity contribution in [2.24, 2.45) is 0 Å². The average molecular weight is 311 g/mol. The Morgan fingerprint density at radius 3 is 2.48 bits per heavy atom. The molecular weight excluding hydrogens is 288 g/mol. The van der Waals surface area contributed by atoms with Gasteiger partial charge in [0.15, 0.2) is 0 Å². The van der Waals surface area contributed by atoms with Crippen molar-refractivity contribution in [1.82, 2.24) is 15.0 Å². The number of aromatic nitrogens is 3. The summed E-state index contributed by atoms with van der Waals surface area (Å²) in [5, 5.41) is 0.219. The second-order valence-electron chi connectivity index (χ2n) is 6.67. The van der Waals surface area contributed by atoms with Gasteiger partial charge in [0.1, 0.15) is 6.33 Å². The number of piperidine rings is 1. The summed E-state index contributed by atoms with van der Waals surface area (Å²) in [6.07, 6.45) is 5.23. The molecule has 1 aliphatic heterocycles. The molecule has 1 fully saturated rings. The van der Waals surface area contributed by atoms with Crippen LogP contribution in [-0.4, -0.2) is 38.7 Å². The number of rotatable bonds is 4. The van der Waals surface area contributed by atoms with Crippen molar-refractivity contribution in [1.29, 1.82) is 0 Å². The summed E-state index contributed by atoms with van der Waals surface area (Å²) in [6.45, 7) is 13.0. The van der Waals surface area contributed by atoms with Crippen molar-refractivity contribution in [3.8, 4) is 0 Å². The van der Waals surface area contributed by atoms with Gasteiger partial charge in [-0.3, -0.25) is 0 Å². The number of hydrogen-bond donors (Lipinski definition) is 0. The first-order valence-electron chi connectivity index (χ1n) is 7.14. The highest BCUT2D eigenvalue weighted by Gasteiger charge is 2.47. The predicted molar refractivity (Wildman–Crippen MR) is 84.6 cm³/mol. The fourth-order valence-electron chi connectivity index (χ4n) is 3.43. The van der Waals surface area contributed by atoms with Crippen LogP contribution < -0.4 is 4.90 Å². The second kappa shape index (κ2) is 5.89. The Morgan fingerprint density at radius 2 is 1.95 bits per heavy atom. The van der Waals surface area contributed by atoms with Gasteiger partial charge in [-0.25, -0.2) is 9.97 Å². The van der Waals surface area contributed by atoms with Gasteiger partial charge in [0.2, 0.25) is 11.2 Å². The lowest BCUT2D eigenvalue weighted by molar-refractivity contribution is 0.00616. The lowest BCUT2D eigenvalue weighted by Gasteiger charge is -2.55. The third-order valence-corrected chi connectivity index (χ3v) is 4.03. The van der Waals surface area contributed by atoms with Crippen LogP contribution in [0.15, 0.2) is 19.0 Å². The van der Waals surface area contributed by atoms with Crippen LogP contribution in [0.3, 0.4) is 0 Å². The maximum Gasteiger partial charge on any atom is 0.230 e. The normalized spacial score (nSPS) is 21.3. The molecule has 1 aromatic rings. The fourth-order valence-corrected chi connectivity index (χ4v) is 3.55. The molecule has 0 unspecified atom stereocenters. The lowest BCUT2D eigenvalue weighted by atomic mass is 9.78. The zero-order chi connectivity index (χ0) is 15.7. The zero-order valence-corrected chi connectivity index (χ0v) is 13.9. The largest absolute Gasteiger partial charge is 0.374 e. The Hall–Kier alpha value is -1.20. The summed E-state index contributed by atoms with van der Waals surface area (Å²) >= 11 is 5.92.